The minimum Gasteiger partial charge on any atom is -0.478 e. The lowest BCUT2D eigenvalue weighted by Crippen LogP contribution is -2.27. The van der Waals surface area contributed by atoms with Crippen molar-refractivity contribution in [3.8, 4) is 0 Å². The van der Waals surface area contributed by atoms with E-state index >= 15 is 0 Å². The molecule has 0 radical (unpaired) electrons. The summed E-state index contributed by atoms with van der Waals surface area (Å²) in [5.41, 5.74) is -1.12. The number of halogens is 1. The first kappa shape index (κ1) is 14.2. The van der Waals surface area contributed by atoms with Crippen LogP contribution in [0.15, 0.2) is 12.1 Å². The summed E-state index contributed by atoms with van der Waals surface area (Å²) < 4.78 is 18.8. The van der Waals surface area contributed by atoms with Crippen molar-refractivity contribution < 1.29 is 24.0 Å². The Bertz CT molecular complexity index is 563. The van der Waals surface area contributed by atoms with Gasteiger partial charge in [-0.15, -0.1) is 0 Å². The van der Waals surface area contributed by atoms with Crippen LogP contribution in [0.5, 0.6) is 0 Å². The van der Waals surface area contributed by atoms with E-state index in [9.17, 15) is 19.3 Å². The Morgan fingerprint density at radius 2 is 2.30 bits per heavy atom. The van der Waals surface area contributed by atoms with E-state index in [1.54, 1.807) is 6.92 Å². The number of carboxylic acids is 1. The SMILES string of the molecule is CC1OCCC1Nc1cc(C(=O)O)c(F)cc1[N+](=O)[O-]. The van der Waals surface area contributed by atoms with Crippen LogP contribution in [0.1, 0.15) is 23.7 Å². The van der Waals surface area contributed by atoms with Gasteiger partial charge in [0, 0.05) is 6.61 Å². The minimum absolute atomic E-state index is 0.0175. The van der Waals surface area contributed by atoms with Crippen LogP contribution in [0.25, 0.3) is 0 Å². The molecule has 1 aromatic rings. The first-order chi connectivity index (χ1) is 9.40. The van der Waals surface area contributed by atoms with E-state index in [4.69, 9.17) is 9.84 Å². The third kappa shape index (κ3) is 2.69. The molecule has 1 aromatic carbocycles. The topological polar surface area (TPSA) is 102 Å². The summed E-state index contributed by atoms with van der Waals surface area (Å²) in [5.74, 6) is -2.61. The Morgan fingerprint density at radius 3 is 2.80 bits per heavy atom. The molecule has 0 aromatic heterocycles. The number of nitrogens with zero attached hydrogens (tertiary/aromatic N) is 1. The Balaban J connectivity index is 2.40. The number of nitro benzene ring substituents is 1. The summed E-state index contributed by atoms with van der Waals surface area (Å²) in [7, 11) is 0. The quantitative estimate of drug-likeness (QED) is 0.648. The number of anilines is 1. The van der Waals surface area contributed by atoms with Crippen LogP contribution < -0.4 is 5.32 Å². The van der Waals surface area contributed by atoms with Gasteiger partial charge in [-0.25, -0.2) is 9.18 Å². The van der Waals surface area contributed by atoms with Crippen molar-refractivity contribution in [2.24, 2.45) is 0 Å². The van der Waals surface area contributed by atoms with Gasteiger partial charge in [0.2, 0.25) is 0 Å². The highest BCUT2D eigenvalue weighted by Gasteiger charge is 2.28. The molecule has 7 nitrogen and oxygen atoms in total. The Labute approximate surface area is 113 Å². The monoisotopic (exact) mass is 284 g/mol. The zero-order chi connectivity index (χ0) is 14.9. The number of nitro groups is 1. The molecular formula is C12H13FN2O5. The van der Waals surface area contributed by atoms with Crippen molar-refractivity contribution >= 4 is 17.3 Å². The lowest BCUT2D eigenvalue weighted by molar-refractivity contribution is -0.384. The highest BCUT2D eigenvalue weighted by molar-refractivity contribution is 5.90. The van der Waals surface area contributed by atoms with Crippen molar-refractivity contribution in [3.63, 3.8) is 0 Å². The molecule has 1 aliphatic rings. The molecule has 2 atom stereocenters. The number of ether oxygens (including phenoxy) is 1. The fourth-order valence-corrected chi connectivity index (χ4v) is 2.11. The van der Waals surface area contributed by atoms with Gasteiger partial charge in [0.05, 0.1) is 28.7 Å². The number of carbonyl (C=O) groups is 1. The first-order valence-electron chi connectivity index (χ1n) is 5.99. The summed E-state index contributed by atoms with van der Waals surface area (Å²) in [6, 6.07) is 1.38. The Kier molecular flexibility index (Phi) is 3.84. The average molecular weight is 284 g/mol. The number of aromatic carboxylic acids is 1. The van der Waals surface area contributed by atoms with Crippen LogP contribution in [0.2, 0.25) is 0 Å². The molecule has 20 heavy (non-hydrogen) atoms. The smallest absolute Gasteiger partial charge is 0.338 e. The molecule has 1 heterocycles. The summed E-state index contributed by atoms with van der Waals surface area (Å²) in [6.07, 6.45) is 0.478. The van der Waals surface area contributed by atoms with Gasteiger partial charge >= 0.3 is 5.97 Å². The summed E-state index contributed by atoms with van der Waals surface area (Å²) >= 11 is 0. The van der Waals surface area contributed by atoms with E-state index in [1.165, 1.54) is 0 Å². The molecular weight excluding hydrogens is 271 g/mol. The van der Waals surface area contributed by atoms with E-state index in [0.717, 1.165) is 6.07 Å². The van der Waals surface area contributed by atoms with E-state index < -0.39 is 28.0 Å². The van der Waals surface area contributed by atoms with Gasteiger partial charge in [-0.3, -0.25) is 10.1 Å². The molecule has 2 N–H and O–H groups in total. The van der Waals surface area contributed by atoms with Crippen LogP contribution in [-0.2, 0) is 4.74 Å². The lowest BCUT2D eigenvalue weighted by atomic mass is 10.1. The highest BCUT2D eigenvalue weighted by atomic mass is 19.1. The highest BCUT2D eigenvalue weighted by Crippen LogP contribution is 2.30. The third-order valence-electron chi connectivity index (χ3n) is 3.23. The van der Waals surface area contributed by atoms with E-state index in [-0.39, 0.29) is 17.8 Å². The molecule has 0 aliphatic carbocycles. The Hall–Kier alpha value is -2.22. The maximum absolute atomic E-state index is 13.5. The Morgan fingerprint density at radius 1 is 1.60 bits per heavy atom. The zero-order valence-corrected chi connectivity index (χ0v) is 10.6. The van der Waals surface area contributed by atoms with Crippen molar-refractivity contribution in [2.45, 2.75) is 25.5 Å². The van der Waals surface area contributed by atoms with Crippen molar-refractivity contribution in [1.82, 2.24) is 0 Å². The average Bonchev–Trinajstić information content (AvgIpc) is 2.76. The molecule has 1 fully saturated rings. The standard InChI is InChI=1S/C12H13FN2O5/c1-6-9(2-3-20-6)14-10-4-7(12(16)17)8(13)5-11(10)15(18)19/h4-6,9,14H,2-3H2,1H3,(H,16,17). The molecule has 2 unspecified atom stereocenters. The molecule has 0 saturated carbocycles. The third-order valence-corrected chi connectivity index (χ3v) is 3.23. The maximum atomic E-state index is 13.5. The second-order valence-electron chi connectivity index (χ2n) is 4.53. The fourth-order valence-electron chi connectivity index (χ4n) is 2.11. The predicted molar refractivity (Wildman–Crippen MR) is 67.5 cm³/mol. The zero-order valence-electron chi connectivity index (χ0n) is 10.6. The van der Waals surface area contributed by atoms with Crippen molar-refractivity contribution in [1.29, 1.82) is 0 Å². The minimum atomic E-state index is -1.48. The normalized spacial score (nSPS) is 21.7. The molecule has 108 valence electrons. The summed E-state index contributed by atoms with van der Waals surface area (Å²) in [5, 5.41) is 22.7. The number of hydrogen-bond donors (Lipinski definition) is 2. The maximum Gasteiger partial charge on any atom is 0.338 e. The van der Waals surface area contributed by atoms with Crippen molar-refractivity contribution in [2.75, 3.05) is 11.9 Å². The van der Waals surface area contributed by atoms with Gasteiger partial charge in [-0.1, -0.05) is 0 Å². The number of benzene rings is 1. The largest absolute Gasteiger partial charge is 0.478 e. The van der Waals surface area contributed by atoms with Gasteiger partial charge in [-0.05, 0) is 19.4 Å². The second-order valence-corrected chi connectivity index (χ2v) is 4.53. The molecule has 0 spiro atoms. The van der Waals surface area contributed by atoms with E-state index in [0.29, 0.717) is 19.1 Å². The lowest BCUT2D eigenvalue weighted by Gasteiger charge is -2.17. The number of carboxylic acid groups (broad SMARTS) is 1. The van der Waals surface area contributed by atoms with Crippen LogP contribution in [-0.4, -0.2) is 34.8 Å². The predicted octanol–water partition coefficient (Wildman–Crippen LogP) is 2.02. The van der Waals surface area contributed by atoms with Crippen molar-refractivity contribution in [3.05, 3.63) is 33.6 Å². The first-order valence-corrected chi connectivity index (χ1v) is 5.99. The molecule has 8 heteroatoms. The van der Waals surface area contributed by atoms with Crippen LogP contribution >= 0.6 is 0 Å². The van der Waals surface area contributed by atoms with E-state index in [2.05, 4.69) is 5.32 Å². The molecule has 2 rings (SSSR count). The van der Waals surface area contributed by atoms with Gasteiger partial charge in [-0.2, -0.15) is 0 Å². The van der Waals surface area contributed by atoms with Crippen LogP contribution in [0, 0.1) is 15.9 Å². The fraction of sp³-hybridized carbons (Fsp3) is 0.417. The number of nitrogens with one attached hydrogen (secondary N) is 1. The molecule has 0 amide bonds. The van der Waals surface area contributed by atoms with E-state index in [1.807, 2.05) is 0 Å². The van der Waals surface area contributed by atoms with Crippen LogP contribution in [0.4, 0.5) is 15.8 Å². The molecule has 1 saturated heterocycles. The molecule has 1 aliphatic heterocycles. The molecule has 0 bridgehead atoms. The summed E-state index contributed by atoms with van der Waals surface area (Å²) in [4.78, 5) is 21.1. The number of hydrogen-bond acceptors (Lipinski definition) is 5. The van der Waals surface area contributed by atoms with Gasteiger partial charge in [0.1, 0.15) is 11.5 Å². The second kappa shape index (κ2) is 5.41. The summed E-state index contributed by atoms with van der Waals surface area (Å²) in [6.45, 7) is 2.32. The van der Waals surface area contributed by atoms with Gasteiger partial charge in [0.15, 0.2) is 0 Å². The number of rotatable bonds is 4. The van der Waals surface area contributed by atoms with Gasteiger partial charge < -0.3 is 15.2 Å². The van der Waals surface area contributed by atoms with Crippen LogP contribution in [0.3, 0.4) is 0 Å². The van der Waals surface area contributed by atoms with Gasteiger partial charge in [0.25, 0.3) is 5.69 Å².